The molecular weight excluding hydrogens is 334 g/mol. The van der Waals surface area contributed by atoms with Gasteiger partial charge in [0.15, 0.2) is 0 Å². The van der Waals surface area contributed by atoms with Crippen molar-refractivity contribution in [1.82, 2.24) is 9.78 Å². The van der Waals surface area contributed by atoms with Crippen LogP contribution < -0.4 is 4.72 Å². The van der Waals surface area contributed by atoms with E-state index in [0.29, 0.717) is 5.69 Å². The highest BCUT2D eigenvalue weighted by atomic mass is 32.2. The van der Waals surface area contributed by atoms with E-state index in [-0.39, 0.29) is 10.3 Å². The monoisotopic (exact) mass is 355 g/mol. The normalized spacial score (nSPS) is 12.1. The molecule has 25 heavy (non-hydrogen) atoms. The van der Waals surface area contributed by atoms with Crippen LogP contribution >= 0.6 is 0 Å². The number of benzene rings is 2. The summed E-state index contributed by atoms with van der Waals surface area (Å²) in [6, 6.07) is 15.9. The number of hydrogen-bond acceptors (Lipinski definition) is 3. The van der Waals surface area contributed by atoms with Gasteiger partial charge in [0.05, 0.1) is 16.3 Å². The van der Waals surface area contributed by atoms with Gasteiger partial charge in [-0.2, -0.15) is 5.10 Å². The van der Waals surface area contributed by atoms with E-state index < -0.39 is 10.0 Å². The van der Waals surface area contributed by atoms with Crippen molar-refractivity contribution in [2.45, 2.75) is 31.1 Å². The maximum atomic E-state index is 12.6. The number of sulfonamides is 1. The average Bonchev–Trinajstić information content (AvgIpc) is 3.08. The summed E-state index contributed by atoms with van der Waals surface area (Å²) >= 11 is 0. The van der Waals surface area contributed by atoms with Crippen LogP contribution in [0.15, 0.2) is 71.9 Å². The molecule has 0 bridgehead atoms. The molecule has 5 nitrogen and oxygen atoms in total. The van der Waals surface area contributed by atoms with E-state index >= 15 is 0 Å². The fourth-order valence-electron chi connectivity index (χ4n) is 2.48. The van der Waals surface area contributed by atoms with Crippen LogP contribution in [0.4, 0.5) is 5.69 Å². The number of rotatable bonds is 4. The van der Waals surface area contributed by atoms with E-state index in [9.17, 15) is 8.42 Å². The van der Waals surface area contributed by atoms with Crippen LogP contribution in [0.1, 0.15) is 26.3 Å². The van der Waals surface area contributed by atoms with Crippen LogP contribution in [0.5, 0.6) is 0 Å². The zero-order chi connectivity index (χ0) is 18.1. The van der Waals surface area contributed by atoms with Gasteiger partial charge in [-0.25, -0.2) is 13.1 Å². The van der Waals surface area contributed by atoms with Crippen LogP contribution in [0.3, 0.4) is 0 Å². The van der Waals surface area contributed by atoms with Gasteiger partial charge in [0.25, 0.3) is 10.0 Å². The van der Waals surface area contributed by atoms with Gasteiger partial charge in [-0.15, -0.1) is 0 Å². The van der Waals surface area contributed by atoms with Crippen molar-refractivity contribution in [3.8, 4) is 5.69 Å². The molecule has 0 fully saturated rings. The van der Waals surface area contributed by atoms with E-state index in [4.69, 9.17) is 0 Å². The summed E-state index contributed by atoms with van der Waals surface area (Å²) in [4.78, 5) is 0.241. The second-order valence-corrected chi connectivity index (χ2v) is 8.56. The van der Waals surface area contributed by atoms with Gasteiger partial charge in [-0.05, 0) is 47.4 Å². The number of nitrogens with zero attached hydrogens (tertiary/aromatic N) is 2. The molecule has 0 saturated heterocycles. The Morgan fingerprint density at radius 1 is 1.00 bits per heavy atom. The van der Waals surface area contributed by atoms with E-state index in [0.717, 1.165) is 11.3 Å². The Bertz CT molecular complexity index is 955. The summed E-state index contributed by atoms with van der Waals surface area (Å²) in [5, 5.41) is 4.15. The lowest BCUT2D eigenvalue weighted by Crippen LogP contribution is -2.15. The summed E-state index contributed by atoms with van der Waals surface area (Å²) in [6.45, 7) is 6.28. The first-order chi connectivity index (χ1) is 11.8. The van der Waals surface area contributed by atoms with Crippen LogP contribution in [0, 0.1) is 0 Å². The van der Waals surface area contributed by atoms with Gasteiger partial charge in [0.2, 0.25) is 0 Å². The molecule has 6 heteroatoms. The highest BCUT2D eigenvalue weighted by molar-refractivity contribution is 7.92. The Labute approximate surface area is 148 Å². The Balaban J connectivity index is 1.86. The third-order valence-corrected chi connectivity index (χ3v) is 5.30. The number of nitrogens with one attached hydrogen (secondary N) is 1. The van der Waals surface area contributed by atoms with Crippen molar-refractivity contribution in [3.05, 3.63) is 72.6 Å². The minimum absolute atomic E-state index is 0.0200. The van der Waals surface area contributed by atoms with Crippen molar-refractivity contribution in [1.29, 1.82) is 0 Å². The van der Waals surface area contributed by atoms with Crippen LogP contribution in [-0.2, 0) is 15.4 Å². The van der Waals surface area contributed by atoms with Gasteiger partial charge >= 0.3 is 0 Å². The van der Waals surface area contributed by atoms with Gasteiger partial charge in [0, 0.05) is 12.4 Å². The van der Waals surface area contributed by atoms with Gasteiger partial charge in [0.1, 0.15) is 0 Å². The number of hydrogen-bond donors (Lipinski definition) is 1. The second kappa shape index (κ2) is 6.37. The maximum Gasteiger partial charge on any atom is 0.261 e. The van der Waals surface area contributed by atoms with Crippen LogP contribution in [0.25, 0.3) is 5.69 Å². The van der Waals surface area contributed by atoms with Crippen molar-refractivity contribution in [2.24, 2.45) is 0 Å². The first-order valence-electron chi connectivity index (χ1n) is 7.99. The number of anilines is 1. The smallest absolute Gasteiger partial charge is 0.261 e. The molecule has 1 heterocycles. The summed E-state index contributed by atoms with van der Waals surface area (Å²) in [6.07, 6.45) is 3.48. The molecule has 0 saturated carbocycles. The topological polar surface area (TPSA) is 64.0 Å². The van der Waals surface area contributed by atoms with Crippen LogP contribution in [0.2, 0.25) is 0 Å². The fraction of sp³-hybridized carbons (Fsp3) is 0.211. The Hall–Kier alpha value is -2.60. The Morgan fingerprint density at radius 3 is 2.32 bits per heavy atom. The summed E-state index contributed by atoms with van der Waals surface area (Å²) in [5.41, 5.74) is 2.35. The molecule has 0 unspecified atom stereocenters. The molecule has 0 aliphatic heterocycles. The summed E-state index contributed by atoms with van der Waals surface area (Å²) < 4.78 is 29.6. The lowest BCUT2D eigenvalue weighted by Gasteiger charge is -2.19. The zero-order valence-corrected chi connectivity index (χ0v) is 15.3. The molecule has 3 aromatic rings. The molecule has 130 valence electrons. The largest absolute Gasteiger partial charge is 0.280 e. The zero-order valence-electron chi connectivity index (χ0n) is 14.5. The average molecular weight is 355 g/mol. The highest BCUT2D eigenvalue weighted by Crippen LogP contribution is 2.24. The lowest BCUT2D eigenvalue weighted by molar-refractivity contribution is 0.587. The summed E-state index contributed by atoms with van der Waals surface area (Å²) in [7, 11) is -3.64. The molecular formula is C19H21N3O2S. The molecule has 0 amide bonds. The maximum absolute atomic E-state index is 12.6. The second-order valence-electron chi connectivity index (χ2n) is 6.88. The number of aromatic nitrogens is 2. The molecule has 0 spiro atoms. The molecule has 0 aliphatic rings. The molecule has 0 atom stereocenters. The first-order valence-corrected chi connectivity index (χ1v) is 9.47. The first kappa shape index (κ1) is 17.2. The van der Waals surface area contributed by atoms with Gasteiger partial charge in [-0.3, -0.25) is 4.72 Å². The third kappa shape index (κ3) is 3.91. The predicted octanol–water partition coefficient (Wildman–Crippen LogP) is 3.97. The molecule has 0 radical (unpaired) electrons. The van der Waals surface area contributed by atoms with Crippen molar-refractivity contribution < 1.29 is 8.42 Å². The quantitative estimate of drug-likeness (QED) is 0.770. The molecule has 2 aromatic carbocycles. The highest BCUT2D eigenvalue weighted by Gasteiger charge is 2.17. The van der Waals surface area contributed by atoms with Crippen molar-refractivity contribution in [2.75, 3.05) is 4.72 Å². The minimum Gasteiger partial charge on any atom is -0.280 e. The predicted molar refractivity (Wildman–Crippen MR) is 99.5 cm³/mol. The molecule has 0 aliphatic carbocycles. The van der Waals surface area contributed by atoms with Crippen LogP contribution in [-0.4, -0.2) is 18.2 Å². The van der Waals surface area contributed by atoms with E-state index in [2.05, 4.69) is 30.6 Å². The SMILES string of the molecule is CC(C)(C)c1ccc(S(=O)(=O)Nc2cccc(-n3cccn3)c2)cc1. The van der Waals surface area contributed by atoms with E-state index in [1.165, 1.54) is 0 Å². The molecule has 1 N–H and O–H groups in total. The lowest BCUT2D eigenvalue weighted by atomic mass is 9.87. The van der Waals surface area contributed by atoms with Crippen molar-refractivity contribution in [3.63, 3.8) is 0 Å². The van der Waals surface area contributed by atoms with E-state index in [1.54, 1.807) is 47.4 Å². The fourth-order valence-corrected chi connectivity index (χ4v) is 3.53. The summed E-state index contributed by atoms with van der Waals surface area (Å²) in [5.74, 6) is 0. The minimum atomic E-state index is -3.64. The van der Waals surface area contributed by atoms with Gasteiger partial charge < -0.3 is 0 Å². The standard InChI is InChI=1S/C19H21N3O2S/c1-19(2,3)15-8-10-18(11-9-15)25(23,24)21-16-6-4-7-17(14-16)22-13-5-12-20-22/h4-14,21H,1-3H3. The molecule has 1 aromatic heterocycles. The Kier molecular flexibility index (Phi) is 4.39. The Morgan fingerprint density at radius 2 is 1.72 bits per heavy atom. The van der Waals surface area contributed by atoms with Gasteiger partial charge in [-0.1, -0.05) is 39.0 Å². The third-order valence-electron chi connectivity index (χ3n) is 3.90. The van der Waals surface area contributed by atoms with E-state index in [1.807, 2.05) is 24.3 Å². The molecule has 3 rings (SSSR count). The van der Waals surface area contributed by atoms with Crippen molar-refractivity contribution >= 4 is 15.7 Å².